The Labute approximate surface area is 175 Å². The van der Waals surface area contributed by atoms with E-state index in [9.17, 15) is 9.59 Å². The van der Waals surface area contributed by atoms with Crippen molar-refractivity contribution in [3.05, 3.63) is 71.4 Å². The van der Waals surface area contributed by atoms with Gasteiger partial charge in [-0.2, -0.15) is 5.10 Å². The smallest absolute Gasteiger partial charge is 0.257 e. The van der Waals surface area contributed by atoms with Gasteiger partial charge in [-0.1, -0.05) is 42.0 Å². The third kappa shape index (κ3) is 3.84. The van der Waals surface area contributed by atoms with E-state index in [2.05, 4.69) is 6.07 Å². The number of primary amides is 1. The van der Waals surface area contributed by atoms with Gasteiger partial charge in [-0.05, 0) is 31.5 Å². The molecule has 4 rings (SSSR count). The Kier molecular flexibility index (Phi) is 5.37. The highest BCUT2D eigenvalue weighted by Gasteiger charge is 2.31. The van der Waals surface area contributed by atoms with Gasteiger partial charge in [0, 0.05) is 18.3 Å². The number of benzene rings is 2. The standard InChI is InChI=1S/C23H24N4O3/c1-15-8-9-18(16(2)12-15)21-19(13-27(25-21)17-6-4-3-5-7-17)23(29)26-10-11-30-20(14-26)22(24)28/h3-9,12-13,20H,10-11,14H2,1-2H3,(H2,24,28). The highest BCUT2D eigenvalue weighted by atomic mass is 16.5. The van der Waals surface area contributed by atoms with Crippen molar-refractivity contribution in [1.29, 1.82) is 0 Å². The van der Waals surface area contributed by atoms with Crippen molar-refractivity contribution in [2.45, 2.75) is 20.0 Å². The summed E-state index contributed by atoms with van der Waals surface area (Å²) in [5.74, 6) is -0.760. The van der Waals surface area contributed by atoms with Crippen molar-refractivity contribution in [2.75, 3.05) is 19.7 Å². The van der Waals surface area contributed by atoms with Crippen molar-refractivity contribution in [2.24, 2.45) is 5.73 Å². The van der Waals surface area contributed by atoms with Crippen LogP contribution >= 0.6 is 0 Å². The summed E-state index contributed by atoms with van der Waals surface area (Å²) in [6.45, 7) is 4.84. The number of hydrogen-bond donors (Lipinski definition) is 1. The molecule has 1 aliphatic heterocycles. The lowest BCUT2D eigenvalue weighted by Gasteiger charge is -2.31. The largest absolute Gasteiger partial charge is 0.367 e. The average Bonchev–Trinajstić information content (AvgIpc) is 3.19. The number of ether oxygens (including phenoxy) is 1. The van der Waals surface area contributed by atoms with Crippen LogP contribution in [0.15, 0.2) is 54.7 Å². The molecule has 1 aromatic heterocycles. The van der Waals surface area contributed by atoms with Gasteiger partial charge in [0.05, 0.1) is 24.4 Å². The van der Waals surface area contributed by atoms with E-state index in [4.69, 9.17) is 15.6 Å². The molecule has 0 radical (unpaired) electrons. The minimum Gasteiger partial charge on any atom is -0.367 e. The normalized spacial score (nSPS) is 16.5. The van der Waals surface area contributed by atoms with Crippen LogP contribution in [0.4, 0.5) is 0 Å². The maximum absolute atomic E-state index is 13.4. The number of para-hydroxylation sites is 1. The van der Waals surface area contributed by atoms with Crippen LogP contribution in [0.5, 0.6) is 0 Å². The minimum atomic E-state index is -0.795. The highest BCUT2D eigenvalue weighted by Crippen LogP contribution is 2.29. The number of amides is 2. The van der Waals surface area contributed by atoms with Crippen molar-refractivity contribution < 1.29 is 14.3 Å². The second kappa shape index (κ2) is 8.12. The number of aryl methyl sites for hydroxylation is 2. The molecule has 1 fully saturated rings. The summed E-state index contributed by atoms with van der Waals surface area (Å²) in [6, 6.07) is 15.7. The lowest BCUT2D eigenvalue weighted by molar-refractivity contribution is -0.133. The highest BCUT2D eigenvalue weighted by molar-refractivity contribution is 6.00. The molecule has 0 bridgehead atoms. The number of carbonyl (C=O) groups is 2. The lowest BCUT2D eigenvalue weighted by Crippen LogP contribution is -2.50. The first-order valence-corrected chi connectivity index (χ1v) is 9.87. The maximum atomic E-state index is 13.4. The lowest BCUT2D eigenvalue weighted by atomic mass is 10.00. The first kappa shape index (κ1) is 19.8. The molecule has 7 nitrogen and oxygen atoms in total. The molecule has 7 heteroatoms. The monoisotopic (exact) mass is 404 g/mol. The summed E-state index contributed by atoms with van der Waals surface area (Å²) < 4.78 is 7.10. The Hall–Kier alpha value is -3.45. The summed E-state index contributed by atoms with van der Waals surface area (Å²) >= 11 is 0. The fraction of sp³-hybridized carbons (Fsp3) is 0.261. The SMILES string of the molecule is Cc1ccc(-c2nn(-c3ccccc3)cc2C(=O)N2CCOC(C(N)=O)C2)c(C)c1. The molecule has 2 heterocycles. The van der Waals surface area contributed by atoms with Crippen molar-refractivity contribution in [3.63, 3.8) is 0 Å². The van der Waals surface area contributed by atoms with E-state index < -0.39 is 12.0 Å². The van der Waals surface area contributed by atoms with Gasteiger partial charge in [0.15, 0.2) is 6.10 Å². The minimum absolute atomic E-state index is 0.136. The molecule has 3 aromatic rings. The van der Waals surface area contributed by atoms with Crippen LogP contribution in [-0.2, 0) is 9.53 Å². The number of carbonyl (C=O) groups excluding carboxylic acids is 2. The van der Waals surface area contributed by atoms with Crippen LogP contribution in [0, 0.1) is 13.8 Å². The number of morpholine rings is 1. The topological polar surface area (TPSA) is 90.4 Å². The Morgan fingerprint density at radius 1 is 1.13 bits per heavy atom. The maximum Gasteiger partial charge on any atom is 0.257 e. The van der Waals surface area contributed by atoms with E-state index >= 15 is 0 Å². The Morgan fingerprint density at radius 3 is 2.60 bits per heavy atom. The fourth-order valence-corrected chi connectivity index (χ4v) is 3.70. The van der Waals surface area contributed by atoms with E-state index in [0.29, 0.717) is 17.8 Å². The van der Waals surface area contributed by atoms with Gasteiger partial charge >= 0.3 is 0 Å². The van der Waals surface area contributed by atoms with Gasteiger partial charge < -0.3 is 15.4 Å². The van der Waals surface area contributed by atoms with Crippen LogP contribution in [-0.4, -0.2) is 52.3 Å². The number of aromatic nitrogens is 2. The number of hydrogen-bond acceptors (Lipinski definition) is 4. The quantitative estimate of drug-likeness (QED) is 0.723. The summed E-state index contributed by atoms with van der Waals surface area (Å²) in [4.78, 5) is 26.6. The molecule has 30 heavy (non-hydrogen) atoms. The number of rotatable bonds is 4. The predicted octanol–water partition coefficient (Wildman–Crippen LogP) is 2.48. The third-order valence-electron chi connectivity index (χ3n) is 5.27. The fourth-order valence-electron chi connectivity index (χ4n) is 3.70. The molecule has 154 valence electrons. The Morgan fingerprint density at radius 2 is 1.90 bits per heavy atom. The van der Waals surface area contributed by atoms with E-state index in [1.807, 2.05) is 56.3 Å². The third-order valence-corrected chi connectivity index (χ3v) is 5.27. The van der Waals surface area contributed by atoms with Gasteiger partial charge in [0.1, 0.15) is 5.69 Å². The molecule has 2 amide bonds. The predicted molar refractivity (Wildman–Crippen MR) is 113 cm³/mol. The zero-order chi connectivity index (χ0) is 21.3. The van der Waals surface area contributed by atoms with Crippen molar-refractivity contribution in [1.82, 2.24) is 14.7 Å². The van der Waals surface area contributed by atoms with E-state index in [0.717, 1.165) is 22.4 Å². The van der Waals surface area contributed by atoms with Crippen molar-refractivity contribution >= 4 is 11.8 Å². The van der Waals surface area contributed by atoms with Crippen LogP contribution in [0.1, 0.15) is 21.5 Å². The van der Waals surface area contributed by atoms with Gasteiger partial charge in [-0.25, -0.2) is 4.68 Å². The first-order valence-electron chi connectivity index (χ1n) is 9.87. The molecule has 1 aliphatic rings. The molecule has 0 saturated carbocycles. The van der Waals surface area contributed by atoms with Gasteiger partial charge in [0.25, 0.3) is 5.91 Å². The number of nitrogens with two attached hydrogens (primary N) is 1. The van der Waals surface area contributed by atoms with Gasteiger partial charge in [-0.15, -0.1) is 0 Å². The van der Waals surface area contributed by atoms with Crippen LogP contribution < -0.4 is 5.73 Å². The summed E-state index contributed by atoms with van der Waals surface area (Å²) in [7, 11) is 0. The molecular weight excluding hydrogens is 380 g/mol. The first-order chi connectivity index (χ1) is 14.4. The summed E-state index contributed by atoms with van der Waals surface area (Å²) in [5, 5.41) is 4.76. The molecule has 0 spiro atoms. The Balaban J connectivity index is 1.78. The molecule has 1 unspecified atom stereocenters. The second-order valence-corrected chi connectivity index (χ2v) is 7.50. The molecule has 2 N–H and O–H groups in total. The van der Waals surface area contributed by atoms with Crippen LogP contribution in [0.25, 0.3) is 16.9 Å². The molecule has 2 aromatic carbocycles. The van der Waals surface area contributed by atoms with E-state index in [-0.39, 0.29) is 19.1 Å². The summed E-state index contributed by atoms with van der Waals surface area (Å²) in [5.41, 5.74) is 10.4. The van der Waals surface area contributed by atoms with Crippen molar-refractivity contribution in [3.8, 4) is 16.9 Å². The molecule has 0 aliphatic carbocycles. The van der Waals surface area contributed by atoms with E-state index in [1.165, 1.54) is 0 Å². The second-order valence-electron chi connectivity index (χ2n) is 7.50. The zero-order valence-corrected chi connectivity index (χ0v) is 17.0. The van der Waals surface area contributed by atoms with Gasteiger partial charge in [-0.3, -0.25) is 9.59 Å². The molecular formula is C23H24N4O3. The Bertz CT molecular complexity index is 1090. The number of nitrogens with zero attached hydrogens (tertiary/aromatic N) is 3. The molecule has 1 saturated heterocycles. The zero-order valence-electron chi connectivity index (χ0n) is 17.0. The van der Waals surface area contributed by atoms with E-state index in [1.54, 1.807) is 15.8 Å². The van der Waals surface area contributed by atoms with Crippen LogP contribution in [0.3, 0.4) is 0 Å². The van der Waals surface area contributed by atoms with Crippen LogP contribution in [0.2, 0.25) is 0 Å². The molecule has 1 atom stereocenters. The van der Waals surface area contributed by atoms with Gasteiger partial charge in [0.2, 0.25) is 5.91 Å². The average molecular weight is 404 g/mol. The summed E-state index contributed by atoms with van der Waals surface area (Å²) in [6.07, 6.45) is 0.956.